The summed E-state index contributed by atoms with van der Waals surface area (Å²) in [5.74, 6) is 1.29. The van der Waals surface area contributed by atoms with Crippen LogP contribution in [0.15, 0.2) is 24.3 Å². The zero-order valence-electron chi connectivity index (χ0n) is 12.9. The number of amides is 1. The van der Waals surface area contributed by atoms with Crippen LogP contribution in [0.25, 0.3) is 0 Å². The fourth-order valence-corrected chi connectivity index (χ4v) is 2.64. The number of nitrogens with zero attached hydrogens (tertiary/aromatic N) is 4. The Labute approximate surface area is 134 Å². The van der Waals surface area contributed by atoms with Crippen LogP contribution in [-0.4, -0.2) is 33.8 Å². The maximum Gasteiger partial charge on any atom is 0.258 e. The average Bonchev–Trinajstić information content (AvgIpc) is 2.96. The van der Waals surface area contributed by atoms with E-state index in [1.807, 2.05) is 6.07 Å². The standard InChI is InChI=1S/C16H18N6O/c1-22-16(19-14(21-22)12-6-8-18-9-7-12)20-15(23)13-4-2-11(10-17)3-5-13/h2-5,12,18H,6-9H2,1H3,(H,19,20,21,23). The van der Waals surface area contributed by atoms with E-state index in [1.54, 1.807) is 36.0 Å². The number of nitriles is 1. The number of rotatable bonds is 3. The number of anilines is 1. The van der Waals surface area contributed by atoms with Crippen molar-refractivity contribution >= 4 is 11.9 Å². The molecule has 0 radical (unpaired) electrons. The summed E-state index contributed by atoms with van der Waals surface area (Å²) in [4.78, 5) is 16.7. The third-order valence-corrected chi connectivity index (χ3v) is 3.99. The molecule has 1 aromatic carbocycles. The van der Waals surface area contributed by atoms with Crippen LogP contribution in [0, 0.1) is 11.3 Å². The molecule has 1 aromatic heterocycles. The maximum atomic E-state index is 12.3. The van der Waals surface area contributed by atoms with Gasteiger partial charge < -0.3 is 5.32 Å². The molecule has 0 bridgehead atoms. The molecular weight excluding hydrogens is 292 g/mol. The Kier molecular flexibility index (Phi) is 4.35. The van der Waals surface area contributed by atoms with E-state index in [0.717, 1.165) is 31.8 Å². The molecule has 0 spiro atoms. The number of aromatic nitrogens is 3. The summed E-state index contributed by atoms with van der Waals surface area (Å²) in [6.07, 6.45) is 2.01. The average molecular weight is 310 g/mol. The van der Waals surface area contributed by atoms with Gasteiger partial charge in [-0.05, 0) is 50.2 Å². The number of aryl methyl sites for hydroxylation is 1. The molecule has 7 heteroatoms. The van der Waals surface area contributed by atoms with Gasteiger partial charge in [0.15, 0.2) is 5.82 Å². The summed E-state index contributed by atoms with van der Waals surface area (Å²) in [5, 5.41) is 19.3. The van der Waals surface area contributed by atoms with Gasteiger partial charge in [-0.1, -0.05) is 0 Å². The van der Waals surface area contributed by atoms with Gasteiger partial charge in [-0.3, -0.25) is 10.1 Å². The fourth-order valence-electron chi connectivity index (χ4n) is 2.64. The van der Waals surface area contributed by atoms with E-state index in [9.17, 15) is 4.79 Å². The number of hydrogen-bond donors (Lipinski definition) is 2. The summed E-state index contributed by atoms with van der Waals surface area (Å²) >= 11 is 0. The van der Waals surface area contributed by atoms with E-state index in [0.29, 0.717) is 23.0 Å². The van der Waals surface area contributed by atoms with Gasteiger partial charge in [0.05, 0.1) is 11.6 Å². The minimum absolute atomic E-state index is 0.262. The monoisotopic (exact) mass is 310 g/mol. The highest BCUT2D eigenvalue weighted by atomic mass is 16.1. The van der Waals surface area contributed by atoms with Gasteiger partial charge in [-0.15, -0.1) is 0 Å². The highest BCUT2D eigenvalue weighted by Crippen LogP contribution is 2.23. The molecule has 2 aromatic rings. The van der Waals surface area contributed by atoms with Gasteiger partial charge in [0.1, 0.15) is 0 Å². The Bertz CT molecular complexity index is 737. The largest absolute Gasteiger partial charge is 0.317 e. The molecule has 1 saturated heterocycles. The summed E-state index contributed by atoms with van der Waals surface area (Å²) in [5.41, 5.74) is 1.00. The first-order chi connectivity index (χ1) is 11.2. The number of carbonyl (C=O) groups excluding carboxylic acids is 1. The molecule has 1 fully saturated rings. The fraction of sp³-hybridized carbons (Fsp3) is 0.375. The Morgan fingerprint density at radius 1 is 1.35 bits per heavy atom. The lowest BCUT2D eigenvalue weighted by molar-refractivity contribution is 0.102. The Morgan fingerprint density at radius 2 is 2.04 bits per heavy atom. The number of carbonyl (C=O) groups is 1. The van der Waals surface area contributed by atoms with Crippen molar-refractivity contribution in [1.29, 1.82) is 5.26 Å². The predicted molar refractivity (Wildman–Crippen MR) is 85.0 cm³/mol. The van der Waals surface area contributed by atoms with Gasteiger partial charge in [-0.25, -0.2) is 4.68 Å². The van der Waals surface area contributed by atoms with Crippen LogP contribution in [0.2, 0.25) is 0 Å². The third-order valence-electron chi connectivity index (χ3n) is 3.99. The van der Waals surface area contributed by atoms with Crippen molar-refractivity contribution in [1.82, 2.24) is 20.1 Å². The van der Waals surface area contributed by atoms with E-state index in [2.05, 4.69) is 20.7 Å². The molecule has 118 valence electrons. The minimum Gasteiger partial charge on any atom is -0.317 e. The lowest BCUT2D eigenvalue weighted by Crippen LogP contribution is -2.27. The molecule has 0 saturated carbocycles. The second-order valence-electron chi connectivity index (χ2n) is 5.58. The lowest BCUT2D eigenvalue weighted by Gasteiger charge is -2.19. The van der Waals surface area contributed by atoms with Crippen molar-refractivity contribution in [2.45, 2.75) is 18.8 Å². The number of benzene rings is 1. The van der Waals surface area contributed by atoms with E-state index >= 15 is 0 Å². The molecule has 1 aliphatic heterocycles. The molecule has 3 rings (SSSR count). The van der Waals surface area contributed by atoms with Gasteiger partial charge in [0.2, 0.25) is 5.95 Å². The molecule has 0 aliphatic carbocycles. The number of hydrogen-bond acceptors (Lipinski definition) is 5. The van der Waals surface area contributed by atoms with Crippen molar-refractivity contribution in [3.63, 3.8) is 0 Å². The molecule has 2 heterocycles. The highest BCUT2D eigenvalue weighted by Gasteiger charge is 2.21. The lowest BCUT2D eigenvalue weighted by atomic mass is 9.98. The van der Waals surface area contributed by atoms with Crippen LogP contribution in [-0.2, 0) is 7.05 Å². The van der Waals surface area contributed by atoms with Crippen LogP contribution in [0.1, 0.15) is 40.5 Å². The summed E-state index contributed by atoms with van der Waals surface area (Å²) in [6.45, 7) is 1.94. The van der Waals surface area contributed by atoms with Gasteiger partial charge in [-0.2, -0.15) is 15.3 Å². The van der Waals surface area contributed by atoms with Crippen LogP contribution in [0.3, 0.4) is 0 Å². The van der Waals surface area contributed by atoms with Gasteiger partial charge in [0.25, 0.3) is 5.91 Å². The molecule has 0 atom stereocenters. The second kappa shape index (κ2) is 6.58. The second-order valence-corrected chi connectivity index (χ2v) is 5.58. The van der Waals surface area contributed by atoms with Crippen molar-refractivity contribution < 1.29 is 4.79 Å². The Balaban J connectivity index is 1.73. The smallest absolute Gasteiger partial charge is 0.258 e. The molecule has 1 aliphatic rings. The molecule has 0 unspecified atom stereocenters. The minimum atomic E-state index is -0.262. The molecule has 2 N–H and O–H groups in total. The van der Waals surface area contributed by atoms with E-state index < -0.39 is 0 Å². The zero-order valence-corrected chi connectivity index (χ0v) is 12.9. The van der Waals surface area contributed by atoms with Crippen molar-refractivity contribution in [2.24, 2.45) is 7.05 Å². The van der Waals surface area contributed by atoms with Crippen molar-refractivity contribution in [2.75, 3.05) is 18.4 Å². The molecule has 7 nitrogen and oxygen atoms in total. The highest BCUT2D eigenvalue weighted by molar-refractivity contribution is 6.03. The zero-order chi connectivity index (χ0) is 16.2. The molecule has 1 amide bonds. The van der Waals surface area contributed by atoms with E-state index in [-0.39, 0.29) is 5.91 Å². The first kappa shape index (κ1) is 15.2. The summed E-state index contributed by atoms with van der Waals surface area (Å²) in [7, 11) is 1.77. The van der Waals surface area contributed by atoms with Crippen LogP contribution in [0.5, 0.6) is 0 Å². The maximum absolute atomic E-state index is 12.3. The van der Waals surface area contributed by atoms with Crippen molar-refractivity contribution in [3.05, 3.63) is 41.2 Å². The van der Waals surface area contributed by atoms with E-state index in [1.165, 1.54) is 0 Å². The van der Waals surface area contributed by atoms with Crippen molar-refractivity contribution in [3.8, 4) is 6.07 Å². The first-order valence-electron chi connectivity index (χ1n) is 7.60. The first-order valence-corrected chi connectivity index (χ1v) is 7.60. The normalized spacial score (nSPS) is 15.1. The topological polar surface area (TPSA) is 95.6 Å². The van der Waals surface area contributed by atoms with Crippen LogP contribution in [0.4, 0.5) is 5.95 Å². The van der Waals surface area contributed by atoms with E-state index in [4.69, 9.17) is 5.26 Å². The molecule has 23 heavy (non-hydrogen) atoms. The summed E-state index contributed by atoms with van der Waals surface area (Å²) < 4.78 is 1.60. The Hall–Kier alpha value is -2.72. The van der Waals surface area contributed by atoms with Gasteiger partial charge in [0, 0.05) is 18.5 Å². The molecular formula is C16H18N6O. The number of nitrogens with one attached hydrogen (secondary N) is 2. The number of piperidine rings is 1. The van der Waals surface area contributed by atoms with Gasteiger partial charge >= 0.3 is 0 Å². The third kappa shape index (κ3) is 3.38. The predicted octanol–water partition coefficient (Wildman–Crippen LogP) is 1.41. The SMILES string of the molecule is Cn1nc(C2CCNCC2)nc1NC(=O)c1ccc(C#N)cc1. The van der Waals surface area contributed by atoms with Crippen LogP contribution < -0.4 is 10.6 Å². The quantitative estimate of drug-likeness (QED) is 0.893. The van der Waals surface area contributed by atoms with Crippen LogP contribution >= 0.6 is 0 Å². The Morgan fingerprint density at radius 3 is 2.70 bits per heavy atom. The summed E-state index contributed by atoms with van der Waals surface area (Å²) in [6, 6.07) is 8.51.